The fourth-order valence-corrected chi connectivity index (χ4v) is 2.09. The Kier molecular flexibility index (Phi) is 5.62. The quantitative estimate of drug-likeness (QED) is 0.501. The van der Waals surface area contributed by atoms with Gasteiger partial charge in [0.15, 0.2) is 0 Å². The van der Waals surface area contributed by atoms with Gasteiger partial charge in [-0.2, -0.15) is 5.10 Å². The molecular weight excluding hydrogens is 308 g/mol. The molecule has 2 aromatic rings. The van der Waals surface area contributed by atoms with Gasteiger partial charge in [-0.25, -0.2) is 5.43 Å². The van der Waals surface area contributed by atoms with Crippen molar-refractivity contribution in [3.05, 3.63) is 69.8 Å². The summed E-state index contributed by atoms with van der Waals surface area (Å²) >= 11 is 0. The smallest absolute Gasteiger partial charge is 0.273 e. The fraction of sp³-hybridized carbons (Fsp3) is 0.176. The van der Waals surface area contributed by atoms with Crippen molar-refractivity contribution in [2.24, 2.45) is 5.10 Å². The van der Waals surface area contributed by atoms with Crippen LogP contribution in [0.1, 0.15) is 11.1 Å². The molecule has 0 saturated heterocycles. The van der Waals surface area contributed by atoms with Crippen molar-refractivity contribution in [1.82, 2.24) is 5.43 Å². The third-order valence-corrected chi connectivity index (χ3v) is 3.35. The van der Waals surface area contributed by atoms with E-state index in [2.05, 4.69) is 10.5 Å². The van der Waals surface area contributed by atoms with Gasteiger partial charge < -0.3 is 4.90 Å². The highest BCUT2D eigenvalue weighted by Crippen LogP contribution is 2.17. The second-order valence-electron chi connectivity index (χ2n) is 5.34. The molecule has 0 unspecified atom stereocenters. The second kappa shape index (κ2) is 7.87. The lowest BCUT2D eigenvalue weighted by atomic mass is 10.1. The van der Waals surface area contributed by atoms with E-state index in [1.165, 1.54) is 12.3 Å². The van der Waals surface area contributed by atoms with E-state index in [0.29, 0.717) is 5.56 Å². The first-order valence-electron chi connectivity index (χ1n) is 7.29. The van der Waals surface area contributed by atoms with Crippen LogP contribution in [-0.4, -0.2) is 31.1 Å². The second-order valence-corrected chi connectivity index (χ2v) is 5.34. The molecule has 2 rings (SSSR count). The number of nitro benzene ring substituents is 1. The van der Waals surface area contributed by atoms with Crippen LogP contribution in [0, 0.1) is 10.1 Å². The van der Waals surface area contributed by atoms with Crippen LogP contribution in [-0.2, 0) is 11.2 Å². The Labute approximate surface area is 139 Å². The van der Waals surface area contributed by atoms with Crippen LogP contribution in [0.25, 0.3) is 0 Å². The molecule has 0 aromatic heterocycles. The Bertz CT molecular complexity index is 755. The molecule has 0 aliphatic carbocycles. The predicted octanol–water partition coefficient (Wildman–Crippen LogP) is 2.35. The molecule has 0 bridgehead atoms. The molecule has 2 aromatic carbocycles. The average Bonchev–Trinajstić information content (AvgIpc) is 2.55. The Balaban J connectivity index is 1.95. The number of nitrogens with zero attached hydrogens (tertiary/aromatic N) is 3. The Hall–Kier alpha value is -3.22. The number of hydrogen-bond donors (Lipinski definition) is 1. The highest BCUT2D eigenvalue weighted by atomic mass is 16.6. The molecule has 0 heterocycles. The third kappa shape index (κ3) is 4.64. The number of nitrogens with one attached hydrogen (secondary N) is 1. The number of para-hydroxylation sites is 1. The number of rotatable bonds is 6. The number of anilines is 1. The van der Waals surface area contributed by atoms with Crippen molar-refractivity contribution in [3.63, 3.8) is 0 Å². The maximum Gasteiger partial charge on any atom is 0.273 e. The van der Waals surface area contributed by atoms with Crippen molar-refractivity contribution in [2.75, 3.05) is 19.0 Å². The fourth-order valence-electron chi connectivity index (χ4n) is 2.09. The topological polar surface area (TPSA) is 87.8 Å². The minimum Gasteiger partial charge on any atom is -0.378 e. The first-order chi connectivity index (χ1) is 11.5. The molecule has 0 radical (unpaired) electrons. The first kappa shape index (κ1) is 17.1. The van der Waals surface area contributed by atoms with Gasteiger partial charge in [0.05, 0.1) is 17.6 Å². The van der Waals surface area contributed by atoms with Crippen molar-refractivity contribution >= 4 is 23.5 Å². The summed E-state index contributed by atoms with van der Waals surface area (Å²) in [6, 6.07) is 13.8. The van der Waals surface area contributed by atoms with E-state index in [4.69, 9.17) is 0 Å². The van der Waals surface area contributed by atoms with Gasteiger partial charge in [0.25, 0.3) is 5.69 Å². The van der Waals surface area contributed by atoms with E-state index in [9.17, 15) is 14.9 Å². The lowest BCUT2D eigenvalue weighted by Gasteiger charge is -2.11. The summed E-state index contributed by atoms with van der Waals surface area (Å²) in [6.45, 7) is 0. The molecule has 7 nitrogen and oxygen atoms in total. The summed E-state index contributed by atoms with van der Waals surface area (Å²) in [5.74, 6) is -0.412. The highest BCUT2D eigenvalue weighted by Gasteiger charge is 2.14. The van der Waals surface area contributed by atoms with Crippen LogP contribution < -0.4 is 10.3 Å². The van der Waals surface area contributed by atoms with Crippen LogP contribution >= 0.6 is 0 Å². The summed E-state index contributed by atoms with van der Waals surface area (Å²) in [7, 11) is 3.90. The molecule has 0 spiro atoms. The van der Waals surface area contributed by atoms with Crippen LogP contribution in [0.5, 0.6) is 0 Å². The van der Waals surface area contributed by atoms with Crippen LogP contribution in [0.2, 0.25) is 0 Å². The van der Waals surface area contributed by atoms with Crippen molar-refractivity contribution in [3.8, 4) is 0 Å². The third-order valence-electron chi connectivity index (χ3n) is 3.35. The number of nitro groups is 1. The molecule has 0 fully saturated rings. The van der Waals surface area contributed by atoms with Crippen LogP contribution in [0.4, 0.5) is 11.4 Å². The normalized spacial score (nSPS) is 10.6. The van der Waals surface area contributed by atoms with Crippen molar-refractivity contribution in [1.29, 1.82) is 0 Å². The molecule has 0 saturated carbocycles. The maximum atomic E-state index is 11.9. The average molecular weight is 326 g/mol. The Morgan fingerprint density at radius 2 is 1.88 bits per heavy atom. The van der Waals surface area contributed by atoms with Gasteiger partial charge in [-0.05, 0) is 17.7 Å². The van der Waals surface area contributed by atoms with Gasteiger partial charge in [-0.1, -0.05) is 30.3 Å². The van der Waals surface area contributed by atoms with Gasteiger partial charge in [0, 0.05) is 31.4 Å². The SMILES string of the molecule is CN(C)c1ccc(/C=N/NC(=O)Cc2ccccc2[N+](=O)[O-])cc1. The van der Waals surface area contributed by atoms with E-state index in [1.54, 1.807) is 18.2 Å². The van der Waals surface area contributed by atoms with E-state index >= 15 is 0 Å². The van der Waals surface area contributed by atoms with E-state index in [1.807, 2.05) is 43.3 Å². The molecule has 24 heavy (non-hydrogen) atoms. The largest absolute Gasteiger partial charge is 0.378 e. The molecule has 1 N–H and O–H groups in total. The van der Waals surface area contributed by atoms with Gasteiger partial charge in [-0.3, -0.25) is 14.9 Å². The molecule has 7 heteroatoms. The summed E-state index contributed by atoms with van der Waals surface area (Å²) in [5.41, 5.74) is 4.56. The standard InChI is InChI=1S/C17H18N4O3/c1-20(2)15-9-7-13(8-10-15)12-18-19-17(22)11-14-5-3-4-6-16(14)21(23)24/h3-10,12H,11H2,1-2H3,(H,19,22)/b18-12+. The highest BCUT2D eigenvalue weighted by molar-refractivity contribution is 5.84. The van der Waals surface area contributed by atoms with Crippen LogP contribution in [0.15, 0.2) is 53.6 Å². The number of carbonyl (C=O) groups excluding carboxylic acids is 1. The maximum absolute atomic E-state index is 11.9. The molecule has 0 aliphatic rings. The summed E-state index contributed by atoms with van der Waals surface area (Å²) in [4.78, 5) is 24.3. The molecule has 0 aliphatic heterocycles. The van der Waals surface area contributed by atoms with Gasteiger partial charge >= 0.3 is 0 Å². The number of carbonyl (C=O) groups is 1. The zero-order valence-corrected chi connectivity index (χ0v) is 13.5. The van der Waals surface area contributed by atoms with E-state index < -0.39 is 10.8 Å². The van der Waals surface area contributed by atoms with E-state index in [0.717, 1.165) is 11.3 Å². The number of hydrogen-bond acceptors (Lipinski definition) is 5. The first-order valence-corrected chi connectivity index (χ1v) is 7.29. The molecular formula is C17H18N4O3. The number of benzene rings is 2. The molecule has 1 amide bonds. The van der Waals surface area contributed by atoms with Gasteiger partial charge in [-0.15, -0.1) is 0 Å². The Morgan fingerprint density at radius 3 is 2.50 bits per heavy atom. The number of hydrazone groups is 1. The van der Waals surface area contributed by atoms with Crippen LogP contribution in [0.3, 0.4) is 0 Å². The molecule has 0 atom stereocenters. The van der Waals surface area contributed by atoms with Gasteiger partial charge in [0.1, 0.15) is 0 Å². The molecule has 124 valence electrons. The minimum absolute atomic E-state index is 0.0732. The summed E-state index contributed by atoms with van der Waals surface area (Å²) in [5, 5.41) is 14.8. The van der Waals surface area contributed by atoms with Crippen molar-refractivity contribution in [2.45, 2.75) is 6.42 Å². The Morgan fingerprint density at radius 1 is 1.21 bits per heavy atom. The zero-order chi connectivity index (χ0) is 17.5. The van der Waals surface area contributed by atoms with Crippen molar-refractivity contribution < 1.29 is 9.72 Å². The number of amides is 1. The zero-order valence-electron chi connectivity index (χ0n) is 13.5. The lowest BCUT2D eigenvalue weighted by Crippen LogP contribution is -2.20. The summed E-state index contributed by atoms with van der Waals surface area (Å²) < 4.78 is 0. The van der Waals surface area contributed by atoms with E-state index in [-0.39, 0.29) is 12.1 Å². The van der Waals surface area contributed by atoms with Gasteiger partial charge in [0.2, 0.25) is 5.91 Å². The minimum atomic E-state index is -0.502. The predicted molar refractivity (Wildman–Crippen MR) is 93.3 cm³/mol. The lowest BCUT2D eigenvalue weighted by molar-refractivity contribution is -0.385. The monoisotopic (exact) mass is 326 g/mol. The summed E-state index contributed by atoms with van der Waals surface area (Å²) in [6.07, 6.45) is 1.42.